The molecule has 4 nitrogen and oxygen atoms in total. The summed E-state index contributed by atoms with van der Waals surface area (Å²) in [6, 6.07) is 9.79. The molecule has 0 saturated carbocycles. The lowest BCUT2D eigenvalue weighted by Gasteiger charge is -2.15. The van der Waals surface area contributed by atoms with Gasteiger partial charge in [-0.05, 0) is 41.8 Å². The third kappa shape index (κ3) is 4.56. The van der Waals surface area contributed by atoms with Crippen molar-refractivity contribution < 1.29 is 14.3 Å². The lowest BCUT2D eigenvalue weighted by molar-refractivity contribution is 0.0764. The van der Waals surface area contributed by atoms with Gasteiger partial charge in [0.05, 0.1) is 5.56 Å². The molecule has 0 fully saturated rings. The molecule has 3 aromatic rings. The average Bonchev–Trinajstić information content (AvgIpc) is 3.07. The van der Waals surface area contributed by atoms with Crippen molar-refractivity contribution in [3.63, 3.8) is 0 Å². The Labute approximate surface area is 172 Å². The highest BCUT2D eigenvalue weighted by Crippen LogP contribution is 2.39. The Morgan fingerprint density at radius 1 is 1.14 bits per heavy atom. The van der Waals surface area contributed by atoms with E-state index in [1.165, 1.54) is 18.6 Å². The second-order valence-corrected chi connectivity index (χ2v) is 6.72. The predicted molar refractivity (Wildman–Crippen MR) is 115 cm³/mol. The Hall–Kier alpha value is -2.95. The molecule has 0 spiro atoms. The number of halogens is 1. The van der Waals surface area contributed by atoms with Crippen LogP contribution in [0.5, 0.6) is 5.75 Å². The van der Waals surface area contributed by atoms with Crippen LogP contribution in [0.25, 0.3) is 10.9 Å². The second kappa shape index (κ2) is 10.0. The first kappa shape index (κ1) is 22.3. The van der Waals surface area contributed by atoms with E-state index in [1.807, 2.05) is 32.9 Å². The number of amides is 1. The van der Waals surface area contributed by atoms with Crippen LogP contribution in [0.3, 0.4) is 0 Å². The highest BCUT2D eigenvalue weighted by molar-refractivity contribution is 6.07. The van der Waals surface area contributed by atoms with Gasteiger partial charge in [-0.15, -0.1) is 0 Å². The summed E-state index contributed by atoms with van der Waals surface area (Å²) in [5.41, 5.74) is 3.42. The van der Waals surface area contributed by atoms with E-state index in [9.17, 15) is 14.3 Å². The van der Waals surface area contributed by atoms with E-state index in [-0.39, 0.29) is 17.5 Å². The van der Waals surface area contributed by atoms with Crippen LogP contribution in [0.2, 0.25) is 0 Å². The minimum Gasteiger partial charge on any atom is -0.505 e. The van der Waals surface area contributed by atoms with Crippen molar-refractivity contribution in [2.45, 2.75) is 54.1 Å². The quantitative estimate of drug-likeness (QED) is 0.579. The Bertz CT molecular complexity index is 984. The monoisotopic (exact) mass is 396 g/mol. The number of fused-ring (bicyclic) bond motifs is 2. The van der Waals surface area contributed by atoms with E-state index < -0.39 is 0 Å². The molecule has 0 unspecified atom stereocenters. The largest absolute Gasteiger partial charge is 0.505 e. The molecule has 5 heteroatoms. The number of aromatic nitrogens is 1. The zero-order valence-corrected chi connectivity index (χ0v) is 17.8. The summed E-state index contributed by atoms with van der Waals surface area (Å²) in [4.78, 5) is 18.6. The number of hydrogen-bond acceptors (Lipinski definition) is 3. The third-order valence-electron chi connectivity index (χ3n) is 4.56. The number of carbonyl (C=O) groups excluding carboxylic acids is 1. The summed E-state index contributed by atoms with van der Waals surface area (Å²) in [6.07, 6.45) is 2.85. The summed E-state index contributed by atoms with van der Waals surface area (Å²) in [7, 11) is 0. The van der Waals surface area contributed by atoms with Gasteiger partial charge in [0.25, 0.3) is 5.91 Å². The van der Waals surface area contributed by atoms with Crippen molar-refractivity contribution >= 4 is 16.8 Å². The number of hydrogen-bond donors (Lipinski definition) is 1. The third-order valence-corrected chi connectivity index (χ3v) is 4.56. The summed E-state index contributed by atoms with van der Waals surface area (Å²) < 4.78 is 13.0. The first-order valence-corrected chi connectivity index (χ1v) is 10.1. The molecule has 0 bridgehead atoms. The second-order valence-electron chi connectivity index (χ2n) is 6.72. The van der Waals surface area contributed by atoms with Crippen molar-refractivity contribution in [3.8, 4) is 5.75 Å². The summed E-state index contributed by atoms with van der Waals surface area (Å²) >= 11 is 0. The number of benzene rings is 2. The van der Waals surface area contributed by atoms with Crippen molar-refractivity contribution in [2.24, 2.45) is 0 Å². The van der Waals surface area contributed by atoms with Gasteiger partial charge in [0.15, 0.2) is 5.75 Å². The van der Waals surface area contributed by atoms with E-state index >= 15 is 0 Å². The van der Waals surface area contributed by atoms with Gasteiger partial charge in [-0.1, -0.05) is 52.3 Å². The minimum atomic E-state index is -0.305. The van der Waals surface area contributed by atoms with Gasteiger partial charge in [-0.25, -0.2) is 4.39 Å². The first-order valence-electron chi connectivity index (χ1n) is 10.1. The predicted octanol–water partition coefficient (Wildman–Crippen LogP) is 5.99. The maximum Gasteiger partial charge on any atom is 0.258 e. The summed E-state index contributed by atoms with van der Waals surface area (Å²) in [5, 5.41) is 11.4. The van der Waals surface area contributed by atoms with E-state index in [0.29, 0.717) is 24.2 Å². The molecule has 154 valence electrons. The molecule has 1 aromatic heterocycles. The number of aryl methyl sites for hydroxylation is 1. The molecule has 1 aliphatic heterocycles. The van der Waals surface area contributed by atoms with Crippen LogP contribution < -0.4 is 0 Å². The van der Waals surface area contributed by atoms with Crippen LogP contribution in [0, 0.1) is 12.7 Å². The van der Waals surface area contributed by atoms with Crippen molar-refractivity contribution in [1.82, 2.24) is 9.88 Å². The zero-order chi connectivity index (χ0) is 21.6. The number of phenols is 1. The van der Waals surface area contributed by atoms with E-state index in [1.54, 1.807) is 23.2 Å². The summed E-state index contributed by atoms with van der Waals surface area (Å²) in [5.74, 6) is -0.583. The fourth-order valence-corrected chi connectivity index (χ4v) is 3.29. The molecule has 4 rings (SSSR count). The van der Waals surface area contributed by atoms with Crippen LogP contribution >= 0.6 is 0 Å². The van der Waals surface area contributed by atoms with Gasteiger partial charge in [0.2, 0.25) is 0 Å². The Morgan fingerprint density at radius 3 is 2.38 bits per heavy atom. The van der Waals surface area contributed by atoms with Crippen molar-refractivity contribution in [2.75, 3.05) is 0 Å². The molecular formula is C24H29FN2O2. The minimum absolute atomic E-state index is 0.0576. The lowest BCUT2D eigenvalue weighted by Crippen LogP contribution is -2.23. The van der Waals surface area contributed by atoms with Crippen molar-refractivity contribution in [3.05, 3.63) is 70.7 Å². The number of aromatic hydroxyl groups is 1. The van der Waals surface area contributed by atoms with Crippen LogP contribution in [0.1, 0.15) is 61.2 Å². The van der Waals surface area contributed by atoms with Crippen LogP contribution in [-0.2, 0) is 13.1 Å². The molecule has 2 heterocycles. The first-order chi connectivity index (χ1) is 14.0. The molecule has 0 atom stereocenters. The van der Waals surface area contributed by atoms with Gasteiger partial charge in [0, 0.05) is 24.7 Å². The smallest absolute Gasteiger partial charge is 0.258 e. The lowest BCUT2D eigenvalue weighted by atomic mass is 9.98. The van der Waals surface area contributed by atoms with Crippen LogP contribution in [-0.4, -0.2) is 20.9 Å². The number of nitrogens with zero attached hydrogens (tertiary/aromatic N) is 2. The van der Waals surface area contributed by atoms with Gasteiger partial charge >= 0.3 is 0 Å². The standard InChI is InChI=1S/C19H15FN2O2.C3H8.C2H6/c1-11-14-3-2-8-21-17(14)18(23)16-15(11)10-22(19(16)24)9-12-4-6-13(20)7-5-12;1-3-2;1-2/h2-8,23H,9-10H2,1H3;3H2,1-2H3;1-2H3. The molecule has 2 aromatic carbocycles. The molecule has 1 amide bonds. The van der Waals surface area contributed by atoms with Crippen LogP contribution in [0.4, 0.5) is 4.39 Å². The van der Waals surface area contributed by atoms with Gasteiger partial charge in [-0.3, -0.25) is 9.78 Å². The van der Waals surface area contributed by atoms with Crippen LogP contribution in [0.15, 0.2) is 42.6 Å². The maximum absolute atomic E-state index is 13.0. The van der Waals surface area contributed by atoms with E-state index in [0.717, 1.165) is 22.1 Å². The SMILES string of the molecule is CC.CCC.Cc1c2c(c(O)c3ncccc13)C(=O)N(Cc1ccc(F)cc1)C2. The van der Waals surface area contributed by atoms with Crippen molar-refractivity contribution in [1.29, 1.82) is 0 Å². The number of rotatable bonds is 2. The highest BCUT2D eigenvalue weighted by atomic mass is 19.1. The highest BCUT2D eigenvalue weighted by Gasteiger charge is 2.33. The molecule has 29 heavy (non-hydrogen) atoms. The zero-order valence-electron chi connectivity index (χ0n) is 17.8. The molecule has 1 N–H and O–H groups in total. The molecule has 0 saturated heterocycles. The Morgan fingerprint density at radius 2 is 1.76 bits per heavy atom. The molecule has 0 radical (unpaired) electrons. The maximum atomic E-state index is 13.0. The Balaban J connectivity index is 0.000000551. The topological polar surface area (TPSA) is 53.4 Å². The fourth-order valence-electron chi connectivity index (χ4n) is 3.29. The molecular weight excluding hydrogens is 367 g/mol. The van der Waals surface area contributed by atoms with Gasteiger partial charge in [-0.2, -0.15) is 0 Å². The van der Waals surface area contributed by atoms with E-state index in [2.05, 4.69) is 18.8 Å². The number of carbonyl (C=O) groups is 1. The fraction of sp³-hybridized carbons (Fsp3) is 0.333. The number of phenolic OH excluding ortho intramolecular Hbond substituents is 1. The molecule has 0 aliphatic carbocycles. The Kier molecular flexibility index (Phi) is 7.71. The van der Waals surface area contributed by atoms with Gasteiger partial charge < -0.3 is 10.0 Å². The molecule has 1 aliphatic rings. The summed E-state index contributed by atoms with van der Waals surface area (Å²) in [6.45, 7) is 11.0. The average molecular weight is 397 g/mol. The number of pyridine rings is 1. The van der Waals surface area contributed by atoms with E-state index in [4.69, 9.17) is 0 Å². The van der Waals surface area contributed by atoms with Gasteiger partial charge in [0.1, 0.15) is 11.3 Å². The normalized spacial score (nSPS) is 12.1.